The third kappa shape index (κ3) is 4.81. The number of benzene rings is 3. The highest BCUT2D eigenvalue weighted by Crippen LogP contribution is 2.23. The average molecular weight is 435 g/mol. The van der Waals surface area contributed by atoms with E-state index in [0.717, 1.165) is 11.1 Å². The van der Waals surface area contributed by atoms with Gasteiger partial charge in [-0.1, -0.05) is 42.5 Å². The summed E-state index contributed by atoms with van der Waals surface area (Å²) in [5.41, 5.74) is 3.17. The molecule has 4 rings (SSSR count). The molecule has 0 radical (unpaired) electrons. The van der Waals surface area contributed by atoms with Crippen molar-refractivity contribution in [2.45, 2.75) is 0 Å². The summed E-state index contributed by atoms with van der Waals surface area (Å²) in [6.45, 7) is 0. The van der Waals surface area contributed by atoms with Gasteiger partial charge in [0.15, 0.2) is 11.6 Å². The molecular weight excluding hydrogens is 414 g/mol. The monoisotopic (exact) mass is 435 g/mol. The highest BCUT2D eigenvalue weighted by molar-refractivity contribution is 6.04. The van der Waals surface area contributed by atoms with Crippen LogP contribution in [0, 0.1) is 11.3 Å². The van der Waals surface area contributed by atoms with Gasteiger partial charge in [-0.2, -0.15) is 5.26 Å². The maximum absolute atomic E-state index is 12.6. The number of amides is 1. The predicted molar refractivity (Wildman–Crippen MR) is 127 cm³/mol. The summed E-state index contributed by atoms with van der Waals surface area (Å²) in [4.78, 5) is 12.6. The SMILES string of the molecule is COc1ccc(C(=O)Nc2cccc(/C=C(\C#N)c3nnc(-c4ccccc4)n3C)c2)cc1. The van der Waals surface area contributed by atoms with E-state index < -0.39 is 0 Å². The number of rotatable bonds is 6. The van der Waals surface area contributed by atoms with E-state index in [1.54, 1.807) is 54.2 Å². The number of methoxy groups -OCH3 is 1. The van der Waals surface area contributed by atoms with Crippen molar-refractivity contribution in [3.05, 3.63) is 95.8 Å². The third-order valence-electron chi connectivity index (χ3n) is 5.08. The summed E-state index contributed by atoms with van der Waals surface area (Å²) >= 11 is 0. The minimum Gasteiger partial charge on any atom is -0.497 e. The van der Waals surface area contributed by atoms with Gasteiger partial charge in [-0.15, -0.1) is 10.2 Å². The second-order valence-corrected chi connectivity index (χ2v) is 7.25. The molecule has 1 aromatic heterocycles. The largest absolute Gasteiger partial charge is 0.497 e. The number of carbonyl (C=O) groups excluding carboxylic acids is 1. The normalized spacial score (nSPS) is 11.0. The van der Waals surface area contributed by atoms with Crippen LogP contribution >= 0.6 is 0 Å². The Labute approximate surface area is 191 Å². The van der Waals surface area contributed by atoms with Gasteiger partial charge in [0.2, 0.25) is 0 Å². The Balaban J connectivity index is 1.57. The lowest BCUT2D eigenvalue weighted by molar-refractivity contribution is 0.102. The van der Waals surface area contributed by atoms with E-state index in [0.29, 0.717) is 34.2 Å². The molecule has 0 atom stereocenters. The molecule has 1 N–H and O–H groups in total. The van der Waals surface area contributed by atoms with Crippen LogP contribution in [0.25, 0.3) is 23.0 Å². The smallest absolute Gasteiger partial charge is 0.255 e. The quantitative estimate of drug-likeness (QED) is 0.439. The van der Waals surface area contributed by atoms with Crippen molar-refractivity contribution in [1.82, 2.24) is 14.8 Å². The highest BCUT2D eigenvalue weighted by atomic mass is 16.5. The summed E-state index contributed by atoms with van der Waals surface area (Å²) in [7, 11) is 3.40. The van der Waals surface area contributed by atoms with E-state index in [9.17, 15) is 10.1 Å². The predicted octanol–water partition coefficient (Wildman–Crippen LogP) is 4.81. The molecular formula is C26H21N5O2. The van der Waals surface area contributed by atoms with Crippen LogP contribution in [0.5, 0.6) is 5.75 Å². The van der Waals surface area contributed by atoms with Gasteiger partial charge < -0.3 is 14.6 Å². The summed E-state index contributed by atoms with van der Waals surface area (Å²) < 4.78 is 6.92. The molecule has 33 heavy (non-hydrogen) atoms. The van der Waals surface area contributed by atoms with Crippen molar-refractivity contribution in [3.8, 4) is 23.2 Å². The van der Waals surface area contributed by atoms with Crippen LogP contribution in [-0.4, -0.2) is 27.8 Å². The van der Waals surface area contributed by atoms with Gasteiger partial charge in [-0.25, -0.2) is 0 Å². The first kappa shape index (κ1) is 21.5. The van der Waals surface area contributed by atoms with Gasteiger partial charge in [0.05, 0.1) is 12.7 Å². The Morgan fingerprint density at radius 3 is 2.48 bits per heavy atom. The van der Waals surface area contributed by atoms with Crippen molar-refractivity contribution >= 4 is 23.2 Å². The molecule has 1 amide bonds. The molecule has 0 aliphatic carbocycles. The van der Waals surface area contributed by atoms with Gasteiger partial charge >= 0.3 is 0 Å². The molecule has 0 aliphatic rings. The van der Waals surface area contributed by atoms with E-state index in [4.69, 9.17) is 4.74 Å². The molecule has 0 saturated carbocycles. The molecule has 4 aromatic rings. The van der Waals surface area contributed by atoms with E-state index in [-0.39, 0.29) is 5.91 Å². The van der Waals surface area contributed by atoms with Gasteiger partial charge in [0.25, 0.3) is 5.91 Å². The zero-order valence-electron chi connectivity index (χ0n) is 18.2. The number of nitriles is 1. The molecule has 1 heterocycles. The fraction of sp³-hybridized carbons (Fsp3) is 0.0769. The second-order valence-electron chi connectivity index (χ2n) is 7.25. The molecule has 0 unspecified atom stereocenters. The van der Waals surface area contributed by atoms with Crippen molar-refractivity contribution in [2.24, 2.45) is 7.05 Å². The number of ether oxygens (including phenoxy) is 1. The molecule has 3 aromatic carbocycles. The molecule has 7 heteroatoms. The third-order valence-corrected chi connectivity index (χ3v) is 5.08. The molecule has 0 spiro atoms. The number of nitrogens with zero attached hydrogens (tertiary/aromatic N) is 4. The number of hydrogen-bond donors (Lipinski definition) is 1. The maximum atomic E-state index is 12.6. The van der Waals surface area contributed by atoms with Crippen LogP contribution in [0.1, 0.15) is 21.7 Å². The zero-order valence-corrected chi connectivity index (χ0v) is 18.2. The van der Waals surface area contributed by atoms with Crippen LogP contribution in [0.3, 0.4) is 0 Å². The number of carbonyl (C=O) groups is 1. The molecule has 0 fully saturated rings. The summed E-state index contributed by atoms with van der Waals surface area (Å²) in [5, 5.41) is 21.1. The van der Waals surface area contributed by atoms with Gasteiger partial charge in [-0.3, -0.25) is 4.79 Å². The molecule has 162 valence electrons. The Morgan fingerprint density at radius 1 is 1.03 bits per heavy atom. The number of anilines is 1. The number of aromatic nitrogens is 3. The zero-order chi connectivity index (χ0) is 23.2. The van der Waals surface area contributed by atoms with Gasteiger partial charge in [-0.05, 0) is 48.0 Å². The molecule has 0 bridgehead atoms. The van der Waals surface area contributed by atoms with Crippen LogP contribution in [0.2, 0.25) is 0 Å². The number of allylic oxidation sites excluding steroid dienone is 1. The van der Waals surface area contributed by atoms with Gasteiger partial charge in [0.1, 0.15) is 11.8 Å². The van der Waals surface area contributed by atoms with E-state index in [2.05, 4.69) is 21.6 Å². The van der Waals surface area contributed by atoms with Crippen LogP contribution in [-0.2, 0) is 7.05 Å². The fourth-order valence-electron chi connectivity index (χ4n) is 3.37. The fourth-order valence-corrected chi connectivity index (χ4v) is 3.37. The molecule has 7 nitrogen and oxygen atoms in total. The highest BCUT2D eigenvalue weighted by Gasteiger charge is 2.14. The van der Waals surface area contributed by atoms with Crippen LogP contribution < -0.4 is 10.1 Å². The molecule has 0 saturated heterocycles. The topological polar surface area (TPSA) is 92.8 Å². The van der Waals surface area contributed by atoms with Gasteiger partial charge in [0, 0.05) is 23.9 Å². The van der Waals surface area contributed by atoms with Crippen LogP contribution in [0.4, 0.5) is 5.69 Å². The lowest BCUT2D eigenvalue weighted by Gasteiger charge is -2.07. The number of hydrogen-bond acceptors (Lipinski definition) is 5. The first-order valence-electron chi connectivity index (χ1n) is 10.2. The van der Waals surface area contributed by atoms with E-state index in [1.807, 2.05) is 49.5 Å². The Kier molecular flexibility index (Phi) is 6.28. The standard InChI is InChI=1S/C26H21N5O2/c1-31-24(19-8-4-3-5-9-19)29-30-25(31)21(17-27)15-18-7-6-10-22(16-18)28-26(32)20-11-13-23(33-2)14-12-20/h3-16H,1-2H3,(H,28,32)/b21-15+. The Hall–Kier alpha value is -4.70. The Bertz CT molecular complexity index is 1350. The second kappa shape index (κ2) is 9.62. The van der Waals surface area contributed by atoms with Crippen molar-refractivity contribution in [3.63, 3.8) is 0 Å². The minimum atomic E-state index is -0.236. The summed E-state index contributed by atoms with van der Waals surface area (Å²) in [5.74, 6) is 1.58. The van der Waals surface area contributed by atoms with Crippen molar-refractivity contribution in [2.75, 3.05) is 12.4 Å². The van der Waals surface area contributed by atoms with Crippen molar-refractivity contribution < 1.29 is 9.53 Å². The lowest BCUT2D eigenvalue weighted by Crippen LogP contribution is -2.11. The average Bonchev–Trinajstić information content (AvgIpc) is 3.24. The summed E-state index contributed by atoms with van der Waals surface area (Å²) in [6.07, 6.45) is 1.72. The lowest BCUT2D eigenvalue weighted by atomic mass is 10.1. The van der Waals surface area contributed by atoms with Crippen LogP contribution in [0.15, 0.2) is 78.9 Å². The van der Waals surface area contributed by atoms with Crippen molar-refractivity contribution in [1.29, 1.82) is 5.26 Å². The minimum absolute atomic E-state index is 0.236. The molecule has 0 aliphatic heterocycles. The summed E-state index contributed by atoms with van der Waals surface area (Å²) in [6, 6.07) is 26.0. The number of nitrogens with one attached hydrogen (secondary N) is 1. The first-order valence-corrected chi connectivity index (χ1v) is 10.2. The first-order chi connectivity index (χ1) is 16.1. The van der Waals surface area contributed by atoms with E-state index >= 15 is 0 Å². The van der Waals surface area contributed by atoms with E-state index in [1.165, 1.54) is 0 Å². The Morgan fingerprint density at radius 2 is 1.79 bits per heavy atom. The maximum Gasteiger partial charge on any atom is 0.255 e.